The third-order valence-corrected chi connectivity index (χ3v) is 3.31. The molecular formula is C5H9NO3S. The molecule has 0 aromatic rings. The van der Waals surface area contributed by atoms with E-state index < -0.39 is 10.0 Å². The summed E-state index contributed by atoms with van der Waals surface area (Å²) in [6.45, 7) is 0.0440. The van der Waals surface area contributed by atoms with Gasteiger partial charge in [0.15, 0.2) is 0 Å². The molecule has 0 saturated carbocycles. The number of nitrogens with zero attached hydrogens (tertiary/aromatic N) is 1. The lowest BCUT2D eigenvalue weighted by molar-refractivity contribution is -0.119. The predicted octanol–water partition coefficient (Wildman–Crippen LogP) is -0.779. The summed E-state index contributed by atoms with van der Waals surface area (Å²) in [5.41, 5.74) is 0. The Kier molecular flexibility index (Phi) is 1.78. The van der Waals surface area contributed by atoms with Gasteiger partial charge in [0, 0.05) is 13.5 Å². The molecule has 10 heavy (non-hydrogen) atoms. The predicted molar refractivity (Wildman–Crippen MR) is 36.0 cm³/mol. The molecule has 1 heterocycles. The number of carbonyl (C=O) groups excluding carboxylic acids is 1. The molecule has 0 radical (unpaired) electrons. The number of hydrogen-bond acceptors (Lipinski definition) is 3. The zero-order valence-corrected chi connectivity index (χ0v) is 6.52. The molecule has 1 rings (SSSR count). The van der Waals surface area contributed by atoms with Gasteiger partial charge in [-0.25, -0.2) is 8.42 Å². The van der Waals surface area contributed by atoms with E-state index in [4.69, 9.17) is 0 Å². The van der Waals surface area contributed by atoms with Crippen molar-refractivity contribution < 1.29 is 13.2 Å². The van der Waals surface area contributed by atoms with Gasteiger partial charge in [0.05, 0.1) is 12.3 Å². The van der Waals surface area contributed by atoms with Crippen molar-refractivity contribution in [3.05, 3.63) is 0 Å². The van der Waals surface area contributed by atoms with Crippen LogP contribution in [0.5, 0.6) is 0 Å². The number of hydrogen-bond donors (Lipinski definition) is 0. The first-order chi connectivity index (χ1) is 4.52. The maximum atomic E-state index is 10.9. The molecule has 1 saturated heterocycles. The van der Waals surface area contributed by atoms with E-state index in [9.17, 15) is 13.2 Å². The minimum Gasteiger partial charge on any atom is -0.298 e. The normalized spacial score (nSPS) is 26.7. The van der Waals surface area contributed by atoms with Crippen LogP contribution in [0.25, 0.3) is 0 Å². The van der Waals surface area contributed by atoms with Crippen molar-refractivity contribution in [1.29, 1.82) is 0 Å². The molecule has 0 unspecified atom stereocenters. The van der Waals surface area contributed by atoms with Crippen molar-refractivity contribution in [3.8, 4) is 0 Å². The monoisotopic (exact) mass is 163 g/mol. The zero-order chi connectivity index (χ0) is 7.78. The number of Topliss-reactive ketones (excluding diaryl/α,β-unsaturated/α-hetero) is 1. The fourth-order valence-corrected chi connectivity index (χ4v) is 1.96. The first kappa shape index (κ1) is 7.68. The Labute approximate surface area is 59.9 Å². The highest BCUT2D eigenvalue weighted by molar-refractivity contribution is 7.89. The minimum atomic E-state index is -3.08. The smallest absolute Gasteiger partial charge is 0.214 e. The Bertz CT molecular complexity index is 244. The molecule has 0 atom stereocenters. The van der Waals surface area contributed by atoms with Crippen LogP contribution in [-0.2, 0) is 14.8 Å². The first-order valence-corrected chi connectivity index (χ1v) is 4.59. The molecule has 1 fully saturated rings. The highest BCUT2D eigenvalue weighted by Crippen LogP contribution is 2.07. The first-order valence-electron chi connectivity index (χ1n) is 2.98. The third kappa shape index (κ3) is 1.35. The zero-order valence-electron chi connectivity index (χ0n) is 5.70. The molecule has 0 amide bonds. The lowest BCUT2D eigenvalue weighted by Crippen LogP contribution is -2.39. The van der Waals surface area contributed by atoms with Gasteiger partial charge in [0.1, 0.15) is 5.78 Å². The van der Waals surface area contributed by atoms with Gasteiger partial charge in [-0.05, 0) is 0 Å². The van der Waals surface area contributed by atoms with E-state index in [1.807, 2.05) is 0 Å². The quantitative estimate of drug-likeness (QED) is 0.471. The summed E-state index contributed by atoms with van der Waals surface area (Å²) in [6, 6.07) is 0. The molecule has 58 valence electrons. The molecule has 0 spiro atoms. The molecule has 0 N–H and O–H groups in total. The third-order valence-electron chi connectivity index (χ3n) is 1.51. The van der Waals surface area contributed by atoms with Gasteiger partial charge in [-0.15, -0.1) is 0 Å². The van der Waals surface area contributed by atoms with Crippen molar-refractivity contribution in [1.82, 2.24) is 4.31 Å². The van der Waals surface area contributed by atoms with Crippen LogP contribution in [0.2, 0.25) is 0 Å². The topological polar surface area (TPSA) is 54.5 Å². The van der Waals surface area contributed by atoms with Gasteiger partial charge in [0.2, 0.25) is 10.0 Å². The molecule has 0 bridgehead atoms. The Morgan fingerprint density at radius 3 is 2.50 bits per heavy atom. The Morgan fingerprint density at radius 1 is 1.50 bits per heavy atom. The summed E-state index contributed by atoms with van der Waals surface area (Å²) in [5.74, 6) is -0.0279. The molecule has 5 heteroatoms. The summed E-state index contributed by atoms with van der Waals surface area (Å²) in [4.78, 5) is 10.7. The highest BCUT2D eigenvalue weighted by atomic mass is 32.2. The summed E-state index contributed by atoms with van der Waals surface area (Å²) in [5, 5.41) is 0. The Balaban J connectivity index is 2.80. The second kappa shape index (κ2) is 2.32. The highest BCUT2D eigenvalue weighted by Gasteiger charge is 2.26. The van der Waals surface area contributed by atoms with Crippen LogP contribution < -0.4 is 0 Å². The lowest BCUT2D eigenvalue weighted by Gasteiger charge is -2.20. The van der Waals surface area contributed by atoms with Crippen molar-refractivity contribution in [2.75, 3.05) is 19.3 Å². The Hall–Kier alpha value is -0.420. The minimum absolute atomic E-state index is 0.00248. The van der Waals surface area contributed by atoms with Crippen molar-refractivity contribution >= 4 is 15.8 Å². The number of carbonyl (C=O) groups is 1. The van der Waals surface area contributed by atoms with Gasteiger partial charge in [0.25, 0.3) is 0 Å². The maximum Gasteiger partial charge on any atom is 0.214 e. The largest absolute Gasteiger partial charge is 0.298 e. The average molecular weight is 163 g/mol. The fraction of sp³-hybridized carbons (Fsp3) is 0.800. The molecule has 0 aliphatic carbocycles. The second-order valence-electron chi connectivity index (χ2n) is 2.36. The van der Waals surface area contributed by atoms with Crippen molar-refractivity contribution in [2.24, 2.45) is 0 Å². The van der Waals surface area contributed by atoms with Gasteiger partial charge >= 0.3 is 0 Å². The molecule has 0 aromatic heterocycles. The van der Waals surface area contributed by atoms with Crippen LogP contribution in [0.4, 0.5) is 0 Å². The number of rotatable bonds is 0. The molecule has 4 nitrogen and oxygen atoms in total. The van der Waals surface area contributed by atoms with Crippen LogP contribution in [0.3, 0.4) is 0 Å². The summed E-state index contributed by atoms with van der Waals surface area (Å²) in [7, 11) is -1.66. The standard InChI is InChI=1S/C5H9NO3S/c1-6-4-5(7)2-3-10(6,8)9/h2-4H2,1H3. The molecule has 1 aliphatic rings. The summed E-state index contributed by atoms with van der Waals surface area (Å²) in [6.07, 6.45) is 0.173. The van der Waals surface area contributed by atoms with E-state index in [1.165, 1.54) is 7.05 Å². The van der Waals surface area contributed by atoms with Gasteiger partial charge < -0.3 is 0 Å². The maximum absolute atomic E-state index is 10.9. The fourth-order valence-electron chi connectivity index (χ4n) is 0.824. The SMILES string of the molecule is CN1CC(=O)CCS1(=O)=O. The summed E-state index contributed by atoms with van der Waals surface area (Å²) >= 11 is 0. The van der Waals surface area contributed by atoms with Crippen molar-refractivity contribution in [2.45, 2.75) is 6.42 Å². The summed E-state index contributed by atoms with van der Waals surface area (Å²) < 4.78 is 22.9. The Morgan fingerprint density at radius 2 is 2.10 bits per heavy atom. The van der Waals surface area contributed by atoms with Crippen molar-refractivity contribution in [3.63, 3.8) is 0 Å². The molecule has 1 aliphatic heterocycles. The van der Waals surface area contributed by atoms with Crippen LogP contribution in [0.1, 0.15) is 6.42 Å². The van der Waals surface area contributed by atoms with E-state index in [1.54, 1.807) is 0 Å². The van der Waals surface area contributed by atoms with Crippen LogP contribution in [0.15, 0.2) is 0 Å². The number of ketones is 1. The van der Waals surface area contributed by atoms with Crippen LogP contribution in [-0.4, -0.2) is 37.9 Å². The van der Waals surface area contributed by atoms with Gasteiger partial charge in [-0.2, -0.15) is 4.31 Å². The van der Waals surface area contributed by atoms with E-state index in [0.29, 0.717) is 0 Å². The van der Waals surface area contributed by atoms with E-state index in [0.717, 1.165) is 4.31 Å². The average Bonchev–Trinajstić information content (AvgIpc) is 1.81. The van der Waals surface area contributed by atoms with Crippen LogP contribution in [0, 0.1) is 0 Å². The second-order valence-corrected chi connectivity index (χ2v) is 4.56. The van der Waals surface area contributed by atoms with Gasteiger partial charge in [-0.1, -0.05) is 0 Å². The molecular weight excluding hydrogens is 154 g/mol. The molecule has 0 aromatic carbocycles. The lowest BCUT2D eigenvalue weighted by atomic mass is 10.3. The number of likely N-dealkylation sites (N-methyl/N-ethyl adjacent to an activating group) is 1. The van der Waals surface area contributed by atoms with E-state index >= 15 is 0 Å². The van der Waals surface area contributed by atoms with E-state index in [-0.39, 0.29) is 24.5 Å². The van der Waals surface area contributed by atoms with E-state index in [2.05, 4.69) is 0 Å². The van der Waals surface area contributed by atoms with Crippen LogP contribution >= 0.6 is 0 Å². The van der Waals surface area contributed by atoms with Gasteiger partial charge in [-0.3, -0.25) is 4.79 Å². The number of sulfonamides is 1.